The van der Waals surface area contributed by atoms with Crippen LogP contribution >= 0.6 is 28.1 Å². The van der Waals surface area contributed by atoms with Crippen LogP contribution in [0, 0.1) is 11.3 Å². The van der Waals surface area contributed by atoms with Crippen molar-refractivity contribution in [3.8, 4) is 11.8 Å². The van der Waals surface area contributed by atoms with Crippen LogP contribution < -0.4 is 15.0 Å². The molecule has 0 saturated carbocycles. The second-order valence-corrected chi connectivity index (χ2v) is 8.37. The number of hydrogen-bond acceptors (Lipinski definition) is 5. The molecule has 8 heteroatoms. The lowest BCUT2D eigenvalue weighted by molar-refractivity contribution is -0.122. The third-order valence-electron chi connectivity index (χ3n) is 4.89. The SMILES string of the molecule is N#Cc1ccccc1COc1ccc(/C=C2\C(=O)NC(=S)N(c3cccc(Br)c3)C2=O)cc1. The molecule has 1 saturated heterocycles. The minimum absolute atomic E-state index is 0.0276. The second kappa shape index (κ2) is 9.77. The summed E-state index contributed by atoms with van der Waals surface area (Å²) in [4.78, 5) is 26.9. The highest BCUT2D eigenvalue weighted by molar-refractivity contribution is 9.10. The lowest BCUT2D eigenvalue weighted by Gasteiger charge is -2.29. The Morgan fingerprint density at radius 3 is 2.55 bits per heavy atom. The van der Waals surface area contributed by atoms with Crippen molar-refractivity contribution < 1.29 is 14.3 Å². The van der Waals surface area contributed by atoms with Crippen molar-refractivity contribution >= 4 is 56.8 Å². The Hall–Kier alpha value is -3.80. The molecule has 3 aromatic rings. The molecular weight excluding hydrogens is 502 g/mol. The molecule has 0 spiro atoms. The molecule has 0 aliphatic carbocycles. The van der Waals surface area contributed by atoms with E-state index in [1.165, 1.54) is 11.0 Å². The quantitative estimate of drug-likeness (QED) is 0.300. The molecular formula is C25H16BrN3O3S. The molecule has 33 heavy (non-hydrogen) atoms. The molecule has 0 radical (unpaired) electrons. The number of thiocarbonyl (C=S) groups is 1. The fourth-order valence-corrected chi connectivity index (χ4v) is 3.92. The largest absolute Gasteiger partial charge is 0.489 e. The number of amides is 2. The topological polar surface area (TPSA) is 82.4 Å². The molecule has 1 heterocycles. The van der Waals surface area contributed by atoms with Crippen molar-refractivity contribution in [2.75, 3.05) is 4.90 Å². The first kappa shape index (κ1) is 22.4. The number of carbonyl (C=O) groups is 2. The van der Waals surface area contributed by atoms with Crippen LogP contribution in [0.5, 0.6) is 5.75 Å². The number of carbonyl (C=O) groups excluding carboxylic acids is 2. The zero-order valence-corrected chi connectivity index (χ0v) is 19.5. The number of benzene rings is 3. The molecule has 3 aromatic carbocycles. The van der Waals surface area contributed by atoms with Gasteiger partial charge in [-0.05, 0) is 60.3 Å². The first-order chi connectivity index (χ1) is 16.0. The number of anilines is 1. The summed E-state index contributed by atoms with van der Waals surface area (Å²) in [5.74, 6) is -0.457. The minimum Gasteiger partial charge on any atom is -0.489 e. The van der Waals surface area contributed by atoms with Gasteiger partial charge in [0.25, 0.3) is 11.8 Å². The normalized spacial score (nSPS) is 14.7. The second-order valence-electron chi connectivity index (χ2n) is 7.06. The lowest BCUT2D eigenvalue weighted by Crippen LogP contribution is -2.54. The third-order valence-corrected chi connectivity index (χ3v) is 5.67. The Kier molecular flexibility index (Phi) is 6.63. The van der Waals surface area contributed by atoms with Crippen LogP contribution in [0.15, 0.2) is 82.8 Å². The first-order valence-electron chi connectivity index (χ1n) is 9.84. The van der Waals surface area contributed by atoms with E-state index >= 15 is 0 Å². The van der Waals surface area contributed by atoms with Gasteiger partial charge in [-0.25, -0.2) is 0 Å². The Morgan fingerprint density at radius 2 is 1.82 bits per heavy atom. The van der Waals surface area contributed by atoms with Crippen molar-refractivity contribution in [3.63, 3.8) is 0 Å². The first-order valence-corrected chi connectivity index (χ1v) is 11.0. The van der Waals surface area contributed by atoms with Crippen LogP contribution in [0.25, 0.3) is 6.08 Å². The highest BCUT2D eigenvalue weighted by Crippen LogP contribution is 2.25. The van der Waals surface area contributed by atoms with Crippen molar-refractivity contribution in [1.29, 1.82) is 5.26 Å². The molecule has 0 atom stereocenters. The average Bonchev–Trinajstić information content (AvgIpc) is 2.81. The predicted octanol–water partition coefficient (Wildman–Crippen LogP) is 4.73. The highest BCUT2D eigenvalue weighted by atomic mass is 79.9. The molecule has 1 aliphatic heterocycles. The molecule has 1 fully saturated rings. The van der Waals surface area contributed by atoms with E-state index < -0.39 is 11.8 Å². The van der Waals surface area contributed by atoms with Gasteiger partial charge >= 0.3 is 0 Å². The molecule has 162 valence electrons. The summed E-state index contributed by atoms with van der Waals surface area (Å²) in [6.07, 6.45) is 1.51. The lowest BCUT2D eigenvalue weighted by atomic mass is 10.1. The summed E-state index contributed by atoms with van der Waals surface area (Å²) < 4.78 is 6.56. The average molecular weight is 518 g/mol. The van der Waals surface area contributed by atoms with Gasteiger partial charge in [-0.2, -0.15) is 5.26 Å². The number of nitriles is 1. The molecule has 0 unspecified atom stereocenters. The monoisotopic (exact) mass is 517 g/mol. The van der Waals surface area contributed by atoms with Crippen LogP contribution in [0.4, 0.5) is 5.69 Å². The van der Waals surface area contributed by atoms with Crippen molar-refractivity contribution in [1.82, 2.24) is 5.32 Å². The summed E-state index contributed by atoms with van der Waals surface area (Å²) in [6, 6.07) is 23.4. The summed E-state index contributed by atoms with van der Waals surface area (Å²) in [5, 5.41) is 11.8. The predicted molar refractivity (Wildman–Crippen MR) is 132 cm³/mol. The van der Waals surface area contributed by atoms with Gasteiger partial charge in [0.05, 0.1) is 17.3 Å². The summed E-state index contributed by atoms with van der Waals surface area (Å²) >= 11 is 8.60. The van der Waals surface area contributed by atoms with E-state index in [0.29, 0.717) is 22.6 Å². The van der Waals surface area contributed by atoms with Gasteiger partial charge < -0.3 is 4.74 Å². The fourth-order valence-electron chi connectivity index (χ4n) is 3.25. The maximum atomic E-state index is 13.1. The smallest absolute Gasteiger partial charge is 0.270 e. The number of nitrogens with zero attached hydrogens (tertiary/aromatic N) is 2. The van der Waals surface area contributed by atoms with E-state index in [-0.39, 0.29) is 17.3 Å². The van der Waals surface area contributed by atoms with Gasteiger partial charge in [0.1, 0.15) is 17.9 Å². The Labute approximate surface area is 204 Å². The van der Waals surface area contributed by atoms with Crippen LogP contribution in [0.3, 0.4) is 0 Å². The molecule has 2 amide bonds. The zero-order valence-electron chi connectivity index (χ0n) is 17.1. The summed E-state index contributed by atoms with van der Waals surface area (Å²) in [6.45, 7) is 0.254. The van der Waals surface area contributed by atoms with Gasteiger partial charge in [-0.1, -0.05) is 52.3 Å². The molecule has 1 N–H and O–H groups in total. The van der Waals surface area contributed by atoms with Gasteiger partial charge in [-0.15, -0.1) is 0 Å². The van der Waals surface area contributed by atoms with Crippen molar-refractivity contribution in [2.45, 2.75) is 6.61 Å². The summed E-state index contributed by atoms with van der Waals surface area (Å²) in [5.41, 5.74) is 2.53. The summed E-state index contributed by atoms with van der Waals surface area (Å²) in [7, 11) is 0. The zero-order chi connectivity index (χ0) is 23.4. The standard InChI is InChI=1S/C25H16BrN3O3S/c26-19-6-3-7-20(13-19)29-24(31)22(23(30)28-25(29)33)12-16-8-10-21(11-9-16)32-15-18-5-2-1-4-17(18)14-27/h1-13H,15H2,(H,28,30,33)/b22-12+. The van der Waals surface area contributed by atoms with Gasteiger partial charge in [0.15, 0.2) is 5.11 Å². The van der Waals surface area contributed by atoms with E-state index in [1.807, 2.05) is 18.2 Å². The van der Waals surface area contributed by atoms with Crippen LogP contribution in [-0.2, 0) is 16.2 Å². The minimum atomic E-state index is -0.551. The van der Waals surface area contributed by atoms with Crippen molar-refractivity contribution in [3.05, 3.63) is 99.5 Å². The maximum Gasteiger partial charge on any atom is 0.270 e. The van der Waals surface area contributed by atoms with E-state index in [9.17, 15) is 14.9 Å². The molecule has 0 aromatic heterocycles. The van der Waals surface area contributed by atoms with Crippen LogP contribution in [0.1, 0.15) is 16.7 Å². The van der Waals surface area contributed by atoms with Crippen molar-refractivity contribution in [2.24, 2.45) is 0 Å². The molecule has 4 rings (SSSR count). The number of nitrogens with one attached hydrogen (secondary N) is 1. The third kappa shape index (κ3) is 5.00. The number of rotatable bonds is 5. The number of ether oxygens (including phenoxy) is 1. The Bertz CT molecular complexity index is 1330. The highest BCUT2D eigenvalue weighted by Gasteiger charge is 2.34. The van der Waals surface area contributed by atoms with E-state index in [1.54, 1.807) is 54.6 Å². The molecule has 1 aliphatic rings. The fraction of sp³-hybridized carbons (Fsp3) is 0.0400. The Morgan fingerprint density at radius 1 is 1.06 bits per heavy atom. The van der Waals surface area contributed by atoms with Gasteiger partial charge in [0, 0.05) is 10.0 Å². The van der Waals surface area contributed by atoms with Crippen LogP contribution in [-0.4, -0.2) is 16.9 Å². The van der Waals surface area contributed by atoms with Gasteiger partial charge in [-0.3, -0.25) is 19.8 Å². The van der Waals surface area contributed by atoms with E-state index in [2.05, 4.69) is 27.3 Å². The molecule has 6 nitrogen and oxygen atoms in total. The maximum absolute atomic E-state index is 13.1. The number of halogens is 1. The van der Waals surface area contributed by atoms with Gasteiger partial charge in [0.2, 0.25) is 0 Å². The van der Waals surface area contributed by atoms with Crippen LogP contribution in [0.2, 0.25) is 0 Å². The number of hydrogen-bond donors (Lipinski definition) is 1. The Balaban J connectivity index is 1.53. The van der Waals surface area contributed by atoms with E-state index in [0.717, 1.165) is 10.0 Å². The van der Waals surface area contributed by atoms with E-state index in [4.69, 9.17) is 17.0 Å². The molecule has 0 bridgehead atoms.